The maximum Gasteiger partial charge on any atom is 0.258 e. The van der Waals surface area contributed by atoms with Crippen LogP contribution in [0.3, 0.4) is 0 Å². The molecule has 10 heteroatoms. The lowest BCUT2D eigenvalue weighted by Crippen LogP contribution is -2.48. The summed E-state index contributed by atoms with van der Waals surface area (Å²) in [7, 11) is 1.64. The van der Waals surface area contributed by atoms with Crippen molar-refractivity contribution >= 4 is 28.9 Å². The number of amides is 2. The van der Waals surface area contributed by atoms with E-state index in [9.17, 15) is 14.9 Å². The summed E-state index contributed by atoms with van der Waals surface area (Å²) in [4.78, 5) is 40.1. The number of hydrogen-bond donors (Lipinski definition) is 1. The molecule has 0 aliphatic carbocycles. The molecule has 0 saturated carbocycles. The second-order valence-corrected chi connectivity index (χ2v) is 10.3. The van der Waals surface area contributed by atoms with Crippen LogP contribution in [-0.2, 0) is 11.3 Å². The first-order chi connectivity index (χ1) is 19.1. The van der Waals surface area contributed by atoms with Crippen LogP contribution in [0.2, 0.25) is 0 Å². The van der Waals surface area contributed by atoms with Crippen molar-refractivity contribution in [2.75, 3.05) is 45.2 Å². The molecule has 2 saturated heterocycles. The van der Waals surface area contributed by atoms with Crippen LogP contribution < -0.4 is 5.32 Å². The molecule has 4 heterocycles. The van der Waals surface area contributed by atoms with Gasteiger partial charge in [-0.3, -0.25) is 19.5 Å². The van der Waals surface area contributed by atoms with Gasteiger partial charge in [0.25, 0.3) is 11.8 Å². The van der Waals surface area contributed by atoms with Crippen LogP contribution in [0.15, 0.2) is 36.5 Å². The molecular weight excluding hydrogens is 494 g/mol. The van der Waals surface area contributed by atoms with Crippen molar-refractivity contribution in [3.63, 3.8) is 0 Å². The molecule has 3 aromatic rings. The van der Waals surface area contributed by atoms with Crippen LogP contribution in [0.4, 0.5) is 5.95 Å². The van der Waals surface area contributed by atoms with Gasteiger partial charge in [0.2, 0.25) is 5.95 Å². The molecule has 39 heavy (non-hydrogen) atoms. The zero-order valence-electron chi connectivity index (χ0n) is 22.4. The fraction of sp³-hybridized carbons (Fsp3) is 0.483. The Morgan fingerprint density at radius 3 is 2.64 bits per heavy atom. The highest BCUT2D eigenvalue weighted by Gasteiger charge is 2.28. The first-order valence-electron chi connectivity index (χ1n) is 13.8. The summed E-state index contributed by atoms with van der Waals surface area (Å²) in [5.74, 6) is -0.0643. The molecule has 1 aromatic carbocycles. The molecule has 10 nitrogen and oxygen atoms in total. The summed E-state index contributed by atoms with van der Waals surface area (Å²) in [6.45, 7) is 4.91. The second-order valence-electron chi connectivity index (χ2n) is 10.3. The predicted molar refractivity (Wildman–Crippen MR) is 147 cm³/mol. The van der Waals surface area contributed by atoms with Crippen LogP contribution in [-0.4, -0.2) is 82.1 Å². The van der Waals surface area contributed by atoms with Gasteiger partial charge in [0.1, 0.15) is 5.52 Å². The van der Waals surface area contributed by atoms with Gasteiger partial charge in [-0.05, 0) is 69.5 Å². The molecule has 0 unspecified atom stereocenters. The maximum absolute atomic E-state index is 13.4. The van der Waals surface area contributed by atoms with E-state index in [1.165, 1.54) is 38.4 Å². The SMILES string of the molecule is COCCCn1c(NC(=O)c2cccc(C#N)c2)nc2cc(C(=O)N3CCC(N4CCCCC4)CC3)cnc21. The van der Waals surface area contributed by atoms with Gasteiger partial charge in [0, 0.05) is 51.2 Å². The smallest absolute Gasteiger partial charge is 0.258 e. The number of imidazole rings is 1. The molecule has 204 valence electrons. The largest absolute Gasteiger partial charge is 0.385 e. The van der Waals surface area contributed by atoms with Gasteiger partial charge in [0.15, 0.2) is 5.65 Å². The van der Waals surface area contributed by atoms with Gasteiger partial charge in [0.05, 0.1) is 17.2 Å². The van der Waals surface area contributed by atoms with Gasteiger partial charge < -0.3 is 14.5 Å². The number of nitriles is 1. The Hall–Kier alpha value is -3.81. The van der Waals surface area contributed by atoms with E-state index in [0.717, 1.165) is 25.9 Å². The molecule has 2 amide bonds. The quantitative estimate of drug-likeness (QED) is 0.443. The molecular formula is C29H35N7O3. The average molecular weight is 530 g/mol. The number of anilines is 1. The molecule has 0 radical (unpaired) electrons. The number of nitrogens with one attached hydrogen (secondary N) is 1. The Bertz CT molecular complexity index is 1360. The van der Waals surface area contributed by atoms with E-state index < -0.39 is 0 Å². The highest BCUT2D eigenvalue weighted by atomic mass is 16.5. The second kappa shape index (κ2) is 12.4. The standard InChI is InChI=1S/C29H35N7O3/c1-39-16-6-13-36-26-25(32-29(36)33-27(37)22-8-5-7-21(17-22)19-30)18-23(20-31-26)28(38)35-14-9-24(10-15-35)34-11-3-2-4-12-34/h5,7-8,17-18,20,24H,2-4,6,9-16H2,1H3,(H,32,33,37). The molecule has 2 aliphatic rings. The number of carbonyl (C=O) groups is 2. The Morgan fingerprint density at radius 2 is 1.90 bits per heavy atom. The van der Waals surface area contributed by atoms with E-state index in [1.807, 2.05) is 9.47 Å². The topological polar surface area (TPSA) is 116 Å². The number of piperidine rings is 2. The van der Waals surface area contributed by atoms with Crippen LogP contribution in [0.1, 0.15) is 64.8 Å². The number of ether oxygens (including phenoxy) is 1. The number of carbonyl (C=O) groups excluding carboxylic acids is 2. The van der Waals surface area contributed by atoms with Gasteiger partial charge in [-0.15, -0.1) is 0 Å². The number of pyridine rings is 1. The molecule has 2 aliphatic heterocycles. The zero-order chi connectivity index (χ0) is 27.2. The number of aromatic nitrogens is 3. The Balaban J connectivity index is 1.33. The van der Waals surface area contributed by atoms with Crippen molar-refractivity contribution in [3.8, 4) is 6.07 Å². The first-order valence-corrected chi connectivity index (χ1v) is 13.8. The van der Waals surface area contributed by atoms with Crippen molar-refractivity contribution in [2.24, 2.45) is 0 Å². The summed E-state index contributed by atoms with van der Waals surface area (Å²) in [6.07, 6.45) is 8.18. The van der Waals surface area contributed by atoms with Crippen molar-refractivity contribution in [1.29, 1.82) is 5.26 Å². The van der Waals surface area contributed by atoms with Crippen LogP contribution in [0.5, 0.6) is 0 Å². The molecule has 0 atom stereocenters. The van der Waals surface area contributed by atoms with Crippen LogP contribution in [0.25, 0.3) is 11.2 Å². The number of likely N-dealkylation sites (tertiary alicyclic amines) is 2. The van der Waals surface area contributed by atoms with E-state index in [1.54, 1.807) is 37.6 Å². The number of rotatable bonds is 8. The minimum absolute atomic E-state index is 0.0330. The summed E-state index contributed by atoms with van der Waals surface area (Å²) in [6, 6.07) is 10.9. The van der Waals surface area contributed by atoms with Crippen LogP contribution >= 0.6 is 0 Å². The molecule has 2 aromatic heterocycles. The van der Waals surface area contributed by atoms with Crippen molar-refractivity contribution in [1.82, 2.24) is 24.3 Å². The van der Waals surface area contributed by atoms with Crippen molar-refractivity contribution in [3.05, 3.63) is 53.2 Å². The Kier molecular flexibility index (Phi) is 8.49. The summed E-state index contributed by atoms with van der Waals surface area (Å²) >= 11 is 0. The van der Waals surface area contributed by atoms with Gasteiger partial charge in [-0.2, -0.15) is 5.26 Å². The molecule has 0 bridgehead atoms. The Labute approximate surface area is 228 Å². The van der Waals surface area contributed by atoms with E-state index in [2.05, 4.69) is 26.3 Å². The van der Waals surface area contributed by atoms with E-state index in [0.29, 0.717) is 59.4 Å². The lowest BCUT2D eigenvalue weighted by atomic mass is 9.99. The highest BCUT2D eigenvalue weighted by Crippen LogP contribution is 2.24. The lowest BCUT2D eigenvalue weighted by molar-refractivity contribution is 0.0589. The molecule has 0 spiro atoms. The number of fused-ring (bicyclic) bond motifs is 1. The minimum Gasteiger partial charge on any atom is -0.385 e. The third kappa shape index (κ3) is 6.10. The number of nitrogens with zero attached hydrogens (tertiary/aromatic N) is 6. The summed E-state index contributed by atoms with van der Waals surface area (Å²) < 4.78 is 7.04. The fourth-order valence-corrected chi connectivity index (χ4v) is 5.61. The van der Waals surface area contributed by atoms with Crippen LogP contribution in [0, 0.1) is 11.3 Å². The lowest BCUT2D eigenvalue weighted by Gasteiger charge is -2.40. The maximum atomic E-state index is 13.4. The number of benzene rings is 1. The predicted octanol–water partition coefficient (Wildman–Crippen LogP) is 3.68. The third-order valence-electron chi connectivity index (χ3n) is 7.70. The van der Waals surface area contributed by atoms with E-state index in [-0.39, 0.29) is 11.8 Å². The number of hydrogen-bond acceptors (Lipinski definition) is 7. The van der Waals surface area contributed by atoms with Crippen molar-refractivity contribution in [2.45, 2.75) is 51.1 Å². The third-order valence-corrected chi connectivity index (χ3v) is 7.70. The normalized spacial score (nSPS) is 16.8. The average Bonchev–Trinajstić information content (AvgIpc) is 3.33. The summed E-state index contributed by atoms with van der Waals surface area (Å²) in [5, 5.41) is 12.0. The molecule has 2 fully saturated rings. The fourth-order valence-electron chi connectivity index (χ4n) is 5.61. The highest BCUT2D eigenvalue weighted by molar-refractivity contribution is 6.04. The van der Waals surface area contributed by atoms with Crippen molar-refractivity contribution < 1.29 is 14.3 Å². The van der Waals surface area contributed by atoms with Gasteiger partial charge >= 0.3 is 0 Å². The first kappa shape index (κ1) is 26.8. The minimum atomic E-state index is -0.372. The Morgan fingerprint density at radius 1 is 1.10 bits per heavy atom. The van der Waals surface area contributed by atoms with E-state index >= 15 is 0 Å². The zero-order valence-corrected chi connectivity index (χ0v) is 22.4. The molecule has 1 N–H and O–H groups in total. The monoisotopic (exact) mass is 529 g/mol. The number of methoxy groups -OCH3 is 1. The summed E-state index contributed by atoms with van der Waals surface area (Å²) in [5.41, 5.74) is 2.40. The van der Waals surface area contributed by atoms with Gasteiger partial charge in [-0.25, -0.2) is 9.97 Å². The van der Waals surface area contributed by atoms with E-state index in [4.69, 9.17) is 4.74 Å². The van der Waals surface area contributed by atoms with Gasteiger partial charge in [-0.1, -0.05) is 12.5 Å². The number of aryl methyl sites for hydroxylation is 1. The molecule has 5 rings (SSSR count).